The maximum Gasteiger partial charge on any atom is 0.185 e. The molecule has 0 saturated carbocycles. The largest absolute Gasteiger partial charge is 0.497 e. The van der Waals surface area contributed by atoms with E-state index in [4.69, 9.17) is 21.1 Å². The highest BCUT2D eigenvalue weighted by Gasteiger charge is 2.72. The molecule has 43 heavy (non-hydrogen) atoms. The van der Waals surface area contributed by atoms with Gasteiger partial charge in [-0.25, -0.2) is 4.39 Å². The standard InChI is InChI=1S/C35H25ClFNO5/c1-42-23-13-15-28(43-2)26(18-23)30-31(32(39)19-7-11-22(37)12-8-19)38-27-14-10-21(36)17-20(27)9-16-29(38)35(30)33(40)24-5-3-4-6-25(24)34(35)41/h3-18,29-31H,1-2H3/t29-,30-,31+/m0/s1. The summed E-state index contributed by atoms with van der Waals surface area (Å²) in [6.45, 7) is 0. The van der Waals surface area contributed by atoms with Crippen LogP contribution < -0.4 is 14.4 Å². The number of ketones is 3. The third-order valence-electron chi connectivity index (χ3n) is 8.94. The number of anilines is 1. The van der Waals surface area contributed by atoms with Crippen LogP contribution in [-0.4, -0.2) is 43.7 Å². The lowest BCUT2D eigenvalue weighted by Gasteiger charge is -2.37. The molecule has 2 aliphatic heterocycles. The molecule has 2 heterocycles. The number of carbonyl (C=O) groups is 3. The van der Waals surface area contributed by atoms with Crippen LogP contribution in [-0.2, 0) is 0 Å². The zero-order chi connectivity index (χ0) is 30.0. The molecule has 1 aliphatic carbocycles. The van der Waals surface area contributed by atoms with Crippen molar-refractivity contribution in [2.75, 3.05) is 19.1 Å². The van der Waals surface area contributed by atoms with Crippen molar-refractivity contribution in [1.29, 1.82) is 0 Å². The number of nitrogens with zero attached hydrogens (tertiary/aromatic N) is 1. The minimum Gasteiger partial charge on any atom is -0.497 e. The molecule has 4 aromatic carbocycles. The maximum atomic E-state index is 14.8. The zero-order valence-corrected chi connectivity index (χ0v) is 24.0. The zero-order valence-electron chi connectivity index (χ0n) is 23.2. The molecule has 0 aromatic heterocycles. The lowest BCUT2D eigenvalue weighted by molar-refractivity contribution is 0.0664. The summed E-state index contributed by atoms with van der Waals surface area (Å²) in [4.78, 5) is 46.2. The number of rotatable bonds is 5. The van der Waals surface area contributed by atoms with Gasteiger partial charge in [0.25, 0.3) is 0 Å². The second-order valence-corrected chi connectivity index (χ2v) is 11.3. The maximum absolute atomic E-state index is 14.8. The van der Waals surface area contributed by atoms with E-state index in [0.29, 0.717) is 38.9 Å². The fraction of sp³-hybridized carbons (Fsp3) is 0.171. The summed E-state index contributed by atoms with van der Waals surface area (Å²) < 4.78 is 25.4. The van der Waals surface area contributed by atoms with Gasteiger partial charge in [-0.05, 0) is 66.2 Å². The molecule has 0 radical (unpaired) electrons. The van der Waals surface area contributed by atoms with Crippen LogP contribution in [0.15, 0.2) is 91.0 Å². The van der Waals surface area contributed by atoms with Crippen molar-refractivity contribution in [3.05, 3.63) is 130 Å². The Hall–Kier alpha value is -4.75. The lowest BCUT2D eigenvalue weighted by Crippen LogP contribution is -2.48. The molecule has 1 saturated heterocycles. The van der Waals surface area contributed by atoms with Gasteiger partial charge in [-0.15, -0.1) is 0 Å². The van der Waals surface area contributed by atoms with Crippen molar-refractivity contribution in [3.8, 4) is 11.5 Å². The summed E-state index contributed by atoms with van der Waals surface area (Å²) in [7, 11) is 3.02. The Labute approximate surface area is 252 Å². The van der Waals surface area contributed by atoms with Gasteiger partial charge in [0, 0.05) is 38.9 Å². The van der Waals surface area contributed by atoms with E-state index < -0.39 is 29.2 Å². The predicted octanol–water partition coefficient (Wildman–Crippen LogP) is 6.81. The Balaban J connectivity index is 1.58. The third kappa shape index (κ3) is 3.74. The Morgan fingerprint density at radius 1 is 0.884 bits per heavy atom. The second kappa shape index (κ2) is 9.92. The number of benzene rings is 4. The highest BCUT2D eigenvalue weighted by atomic mass is 35.5. The topological polar surface area (TPSA) is 72.9 Å². The van der Waals surface area contributed by atoms with Gasteiger partial charge in [0.05, 0.1) is 20.3 Å². The van der Waals surface area contributed by atoms with Gasteiger partial charge in [-0.2, -0.15) is 0 Å². The van der Waals surface area contributed by atoms with Crippen molar-refractivity contribution in [2.45, 2.75) is 18.0 Å². The molecular weight excluding hydrogens is 569 g/mol. The van der Waals surface area contributed by atoms with E-state index in [1.807, 2.05) is 17.1 Å². The number of fused-ring (bicyclic) bond motifs is 5. The Kier molecular flexibility index (Phi) is 6.25. The van der Waals surface area contributed by atoms with E-state index in [1.165, 1.54) is 38.5 Å². The SMILES string of the molecule is COc1ccc(OC)c([C@H]2[C@H](C(=O)c3ccc(F)cc3)N3c4ccc(Cl)cc4C=C[C@H]3C23C(=O)c2ccccc2C3=O)c1. The molecule has 3 aliphatic rings. The quantitative estimate of drug-likeness (QED) is 0.187. The molecule has 214 valence electrons. The van der Waals surface area contributed by atoms with E-state index in [9.17, 15) is 18.8 Å². The van der Waals surface area contributed by atoms with Crippen LogP contribution in [0.4, 0.5) is 10.1 Å². The number of halogens is 2. The molecule has 7 rings (SSSR count). The molecule has 0 unspecified atom stereocenters. The normalized spacial score (nSPS) is 21.0. The van der Waals surface area contributed by atoms with Crippen LogP contribution >= 0.6 is 11.6 Å². The molecule has 3 atom stereocenters. The monoisotopic (exact) mass is 593 g/mol. The first-order valence-electron chi connectivity index (χ1n) is 13.8. The first kappa shape index (κ1) is 27.1. The summed E-state index contributed by atoms with van der Waals surface area (Å²) in [5.41, 5.74) is 1.01. The highest BCUT2D eigenvalue weighted by Crippen LogP contribution is 2.62. The lowest BCUT2D eigenvalue weighted by atomic mass is 9.64. The van der Waals surface area contributed by atoms with Gasteiger partial charge >= 0.3 is 0 Å². The van der Waals surface area contributed by atoms with Crippen molar-refractivity contribution in [3.63, 3.8) is 0 Å². The van der Waals surface area contributed by atoms with E-state index in [1.54, 1.807) is 60.7 Å². The van der Waals surface area contributed by atoms with Crippen LogP contribution in [0.1, 0.15) is 48.1 Å². The summed E-state index contributed by atoms with van der Waals surface area (Å²) in [5.74, 6) is -1.73. The number of Topliss-reactive ketones (excluding diaryl/α,β-unsaturated/α-hetero) is 3. The smallest absolute Gasteiger partial charge is 0.185 e. The fourth-order valence-electron chi connectivity index (χ4n) is 7.16. The van der Waals surface area contributed by atoms with E-state index in [0.717, 1.165) is 5.56 Å². The fourth-order valence-corrected chi connectivity index (χ4v) is 7.34. The van der Waals surface area contributed by atoms with Gasteiger partial charge in [0.15, 0.2) is 17.3 Å². The van der Waals surface area contributed by atoms with E-state index >= 15 is 0 Å². The minimum atomic E-state index is -1.72. The molecule has 0 N–H and O–H groups in total. The number of ether oxygens (including phenoxy) is 2. The van der Waals surface area contributed by atoms with Crippen LogP contribution in [0.5, 0.6) is 11.5 Å². The van der Waals surface area contributed by atoms with E-state index in [2.05, 4.69) is 0 Å². The Morgan fingerprint density at radius 2 is 1.58 bits per heavy atom. The summed E-state index contributed by atoms with van der Waals surface area (Å²) >= 11 is 6.36. The van der Waals surface area contributed by atoms with Crippen LogP contribution in [0, 0.1) is 11.2 Å². The average Bonchev–Trinajstić information content (AvgIpc) is 3.46. The Bertz CT molecular complexity index is 1830. The number of hydrogen-bond donors (Lipinski definition) is 0. The molecule has 8 heteroatoms. The molecule has 1 spiro atoms. The van der Waals surface area contributed by atoms with Crippen molar-refractivity contribution >= 4 is 40.7 Å². The van der Waals surface area contributed by atoms with Crippen LogP contribution in [0.25, 0.3) is 6.08 Å². The van der Waals surface area contributed by atoms with Crippen molar-refractivity contribution in [1.82, 2.24) is 0 Å². The molecule has 0 amide bonds. The first-order valence-corrected chi connectivity index (χ1v) is 14.2. The molecule has 1 fully saturated rings. The summed E-state index contributed by atoms with van der Waals surface area (Å²) in [6, 6.07) is 20.6. The highest BCUT2D eigenvalue weighted by molar-refractivity contribution is 6.33. The summed E-state index contributed by atoms with van der Waals surface area (Å²) in [6.07, 6.45) is 3.66. The predicted molar refractivity (Wildman–Crippen MR) is 161 cm³/mol. The summed E-state index contributed by atoms with van der Waals surface area (Å²) in [5, 5.41) is 0.503. The Morgan fingerprint density at radius 3 is 2.23 bits per heavy atom. The molecule has 4 aromatic rings. The van der Waals surface area contributed by atoms with Gasteiger partial charge in [-0.1, -0.05) is 48.0 Å². The molecule has 6 nitrogen and oxygen atoms in total. The van der Waals surface area contributed by atoms with Gasteiger partial charge in [0.1, 0.15) is 28.8 Å². The third-order valence-corrected chi connectivity index (χ3v) is 9.17. The second-order valence-electron chi connectivity index (χ2n) is 10.9. The minimum absolute atomic E-state index is 0.245. The first-order chi connectivity index (χ1) is 20.8. The van der Waals surface area contributed by atoms with Crippen molar-refractivity contribution < 1.29 is 28.2 Å². The number of hydrogen-bond acceptors (Lipinski definition) is 6. The average molecular weight is 594 g/mol. The van der Waals surface area contributed by atoms with Crippen LogP contribution in [0.3, 0.4) is 0 Å². The number of methoxy groups -OCH3 is 2. The number of carbonyl (C=O) groups excluding carboxylic acids is 3. The van der Waals surface area contributed by atoms with E-state index in [-0.39, 0.29) is 22.9 Å². The van der Waals surface area contributed by atoms with Gasteiger partial charge < -0.3 is 14.4 Å². The molecule has 0 bridgehead atoms. The molecular formula is C35H25ClFNO5. The van der Waals surface area contributed by atoms with Gasteiger partial charge in [0.2, 0.25) is 0 Å². The van der Waals surface area contributed by atoms with Gasteiger partial charge in [-0.3, -0.25) is 14.4 Å². The van der Waals surface area contributed by atoms with Crippen molar-refractivity contribution in [2.24, 2.45) is 5.41 Å². The van der Waals surface area contributed by atoms with Crippen LogP contribution in [0.2, 0.25) is 5.02 Å².